The van der Waals surface area contributed by atoms with E-state index in [2.05, 4.69) is 0 Å². The number of hydrogen-bond acceptors (Lipinski definition) is 4. The van der Waals surface area contributed by atoms with Crippen molar-refractivity contribution in [2.45, 2.75) is 46.6 Å². The van der Waals surface area contributed by atoms with Crippen molar-refractivity contribution in [2.24, 2.45) is 5.41 Å². The highest BCUT2D eigenvalue weighted by Crippen LogP contribution is 2.24. The summed E-state index contributed by atoms with van der Waals surface area (Å²) in [5, 5.41) is 8.92. The number of nitriles is 1. The third-order valence-electron chi connectivity index (χ3n) is 2.02. The van der Waals surface area contributed by atoms with Crippen LogP contribution in [0.3, 0.4) is 0 Å². The Balaban J connectivity index is 4.49. The second-order valence-electron chi connectivity index (χ2n) is 4.10. The molecule has 0 aromatic rings. The molecule has 4 nitrogen and oxygen atoms in total. The van der Waals surface area contributed by atoms with E-state index >= 15 is 0 Å². The third kappa shape index (κ3) is 4.59. The number of nitrogens with zero attached hydrogens (tertiary/aromatic N) is 1. The summed E-state index contributed by atoms with van der Waals surface area (Å²) in [5.74, 6) is -0.588. The molecule has 0 radical (unpaired) electrons. The van der Waals surface area contributed by atoms with Crippen LogP contribution in [0.4, 0.5) is 0 Å². The van der Waals surface area contributed by atoms with Crippen LogP contribution in [-0.4, -0.2) is 17.9 Å². The number of ketones is 1. The largest absolute Gasteiger partial charge is 0.462 e. The molecule has 0 N–H and O–H groups in total. The van der Waals surface area contributed by atoms with Crippen LogP contribution in [0.5, 0.6) is 0 Å². The van der Waals surface area contributed by atoms with E-state index in [4.69, 9.17) is 10.00 Å². The van der Waals surface area contributed by atoms with Gasteiger partial charge in [0.1, 0.15) is 5.78 Å². The Kier molecular flexibility index (Phi) is 4.99. The first kappa shape index (κ1) is 13.6. The van der Waals surface area contributed by atoms with Gasteiger partial charge in [-0.3, -0.25) is 4.79 Å². The van der Waals surface area contributed by atoms with Gasteiger partial charge >= 0.3 is 5.97 Å². The summed E-state index contributed by atoms with van der Waals surface area (Å²) in [5.41, 5.74) is -1.21. The lowest BCUT2D eigenvalue weighted by Gasteiger charge is -2.20. The molecule has 0 aliphatic heterocycles. The van der Waals surface area contributed by atoms with E-state index in [0.29, 0.717) is 0 Å². The first-order chi connectivity index (χ1) is 6.81. The predicted molar refractivity (Wildman–Crippen MR) is 54.9 cm³/mol. The SMILES string of the molecule is CC(=O)CCC(C)(C#N)C(=O)OC(C)C. The van der Waals surface area contributed by atoms with Crippen LogP contribution in [0.25, 0.3) is 0 Å². The zero-order chi connectivity index (χ0) is 12.1. The molecule has 0 aliphatic rings. The summed E-state index contributed by atoms with van der Waals surface area (Å²) in [4.78, 5) is 22.4. The monoisotopic (exact) mass is 211 g/mol. The first-order valence-corrected chi connectivity index (χ1v) is 4.93. The highest BCUT2D eigenvalue weighted by Gasteiger charge is 2.35. The zero-order valence-corrected chi connectivity index (χ0v) is 9.66. The molecule has 0 spiro atoms. The van der Waals surface area contributed by atoms with E-state index in [1.165, 1.54) is 13.8 Å². The van der Waals surface area contributed by atoms with Gasteiger partial charge in [0.25, 0.3) is 0 Å². The minimum absolute atomic E-state index is 0.0335. The Labute approximate surface area is 90.2 Å². The number of rotatable bonds is 5. The van der Waals surface area contributed by atoms with Crippen LogP contribution >= 0.6 is 0 Å². The molecule has 0 aliphatic carbocycles. The number of esters is 1. The summed E-state index contributed by atoms with van der Waals surface area (Å²) in [6, 6.07) is 1.91. The summed E-state index contributed by atoms with van der Waals surface area (Å²) < 4.78 is 4.97. The van der Waals surface area contributed by atoms with Gasteiger partial charge in [-0.15, -0.1) is 0 Å². The van der Waals surface area contributed by atoms with Crippen LogP contribution < -0.4 is 0 Å². The molecule has 0 heterocycles. The molecule has 1 unspecified atom stereocenters. The van der Waals surface area contributed by atoms with Crippen LogP contribution in [0.15, 0.2) is 0 Å². The number of ether oxygens (including phenoxy) is 1. The second-order valence-corrected chi connectivity index (χ2v) is 4.10. The molecule has 0 aromatic heterocycles. The molecular formula is C11H17NO3. The van der Waals surface area contributed by atoms with Gasteiger partial charge in [-0.05, 0) is 34.1 Å². The minimum atomic E-state index is -1.21. The second kappa shape index (κ2) is 5.50. The van der Waals surface area contributed by atoms with Gasteiger partial charge in [-0.1, -0.05) is 0 Å². The lowest BCUT2D eigenvalue weighted by Crippen LogP contribution is -2.30. The maximum Gasteiger partial charge on any atom is 0.326 e. The summed E-state index contributed by atoms with van der Waals surface area (Å²) >= 11 is 0. The van der Waals surface area contributed by atoms with Gasteiger partial charge in [0.05, 0.1) is 12.2 Å². The topological polar surface area (TPSA) is 67.2 Å². The van der Waals surface area contributed by atoms with Gasteiger partial charge in [-0.25, -0.2) is 0 Å². The van der Waals surface area contributed by atoms with Crippen LogP contribution in [0.2, 0.25) is 0 Å². The zero-order valence-electron chi connectivity index (χ0n) is 9.66. The van der Waals surface area contributed by atoms with Crippen LogP contribution in [0, 0.1) is 16.7 Å². The van der Waals surface area contributed by atoms with E-state index < -0.39 is 11.4 Å². The molecule has 15 heavy (non-hydrogen) atoms. The van der Waals surface area contributed by atoms with Gasteiger partial charge in [-0.2, -0.15) is 5.26 Å². The van der Waals surface area contributed by atoms with Gasteiger partial charge in [0.2, 0.25) is 0 Å². The molecule has 0 bridgehead atoms. The smallest absolute Gasteiger partial charge is 0.326 e. The molecule has 0 fully saturated rings. The molecule has 0 aromatic carbocycles. The van der Waals surface area contributed by atoms with Crippen molar-refractivity contribution in [3.05, 3.63) is 0 Å². The highest BCUT2D eigenvalue weighted by molar-refractivity contribution is 5.81. The normalized spacial score (nSPS) is 14.1. The van der Waals surface area contributed by atoms with Crippen molar-refractivity contribution >= 4 is 11.8 Å². The average Bonchev–Trinajstić information content (AvgIpc) is 2.13. The fourth-order valence-electron chi connectivity index (χ4n) is 0.974. The molecule has 0 rings (SSSR count). The fraction of sp³-hybridized carbons (Fsp3) is 0.727. The van der Waals surface area contributed by atoms with Crippen molar-refractivity contribution < 1.29 is 14.3 Å². The van der Waals surface area contributed by atoms with E-state index in [-0.39, 0.29) is 24.7 Å². The van der Waals surface area contributed by atoms with Gasteiger partial charge in [0.15, 0.2) is 5.41 Å². The van der Waals surface area contributed by atoms with Crippen molar-refractivity contribution in [2.75, 3.05) is 0 Å². The number of carbonyl (C=O) groups excluding carboxylic acids is 2. The van der Waals surface area contributed by atoms with Crippen molar-refractivity contribution in [3.8, 4) is 6.07 Å². The fourth-order valence-corrected chi connectivity index (χ4v) is 0.974. The summed E-state index contributed by atoms with van der Waals surface area (Å²) in [7, 11) is 0. The Morgan fingerprint density at radius 3 is 2.33 bits per heavy atom. The highest BCUT2D eigenvalue weighted by atomic mass is 16.5. The molecule has 1 atom stereocenters. The molecule has 84 valence electrons. The van der Waals surface area contributed by atoms with Crippen molar-refractivity contribution in [1.82, 2.24) is 0 Å². The molecule has 4 heteroatoms. The third-order valence-corrected chi connectivity index (χ3v) is 2.02. The van der Waals surface area contributed by atoms with E-state index in [1.54, 1.807) is 13.8 Å². The maximum absolute atomic E-state index is 11.6. The number of hydrogen-bond donors (Lipinski definition) is 0. The Hall–Kier alpha value is -1.37. The van der Waals surface area contributed by atoms with Crippen LogP contribution in [-0.2, 0) is 14.3 Å². The minimum Gasteiger partial charge on any atom is -0.462 e. The lowest BCUT2D eigenvalue weighted by atomic mass is 9.86. The van der Waals surface area contributed by atoms with Gasteiger partial charge < -0.3 is 9.53 Å². The predicted octanol–water partition coefficient (Wildman–Crippen LogP) is 1.84. The van der Waals surface area contributed by atoms with E-state index in [0.717, 1.165) is 0 Å². The Bertz CT molecular complexity index is 291. The summed E-state index contributed by atoms with van der Waals surface area (Å²) in [6.07, 6.45) is 0.185. The summed E-state index contributed by atoms with van der Waals surface area (Å²) in [6.45, 7) is 6.38. The van der Waals surface area contributed by atoms with E-state index in [9.17, 15) is 9.59 Å². The Morgan fingerprint density at radius 2 is 2.00 bits per heavy atom. The number of carbonyl (C=O) groups is 2. The standard InChI is InChI=1S/C11H17NO3/c1-8(2)15-10(14)11(4,7-12)6-5-9(3)13/h8H,5-6H2,1-4H3. The number of Topliss-reactive ketones (excluding diaryl/α,β-unsaturated/α-hetero) is 1. The van der Waals surface area contributed by atoms with Crippen molar-refractivity contribution in [3.63, 3.8) is 0 Å². The van der Waals surface area contributed by atoms with E-state index in [1.807, 2.05) is 6.07 Å². The Morgan fingerprint density at radius 1 is 1.47 bits per heavy atom. The first-order valence-electron chi connectivity index (χ1n) is 4.93. The molecule has 0 amide bonds. The molecule has 0 saturated heterocycles. The average molecular weight is 211 g/mol. The van der Waals surface area contributed by atoms with Crippen LogP contribution in [0.1, 0.15) is 40.5 Å². The van der Waals surface area contributed by atoms with Gasteiger partial charge in [0, 0.05) is 6.42 Å². The molecule has 0 saturated carbocycles. The van der Waals surface area contributed by atoms with Crippen molar-refractivity contribution in [1.29, 1.82) is 5.26 Å². The maximum atomic E-state index is 11.6. The molecular weight excluding hydrogens is 194 g/mol. The lowest BCUT2D eigenvalue weighted by molar-refractivity contribution is -0.156. The quantitative estimate of drug-likeness (QED) is 0.651.